The van der Waals surface area contributed by atoms with Gasteiger partial charge < -0.3 is 5.43 Å². The molecule has 1 fully saturated rings. The molecular weight excluding hydrogens is 224 g/mol. The zero-order chi connectivity index (χ0) is 13.0. The highest BCUT2D eigenvalue weighted by Crippen LogP contribution is 2.30. The minimum atomic E-state index is 0.489. The Morgan fingerprint density at radius 3 is 2.94 bits per heavy atom. The molecule has 2 heterocycles. The first kappa shape index (κ1) is 13.3. The first-order chi connectivity index (χ1) is 8.59. The van der Waals surface area contributed by atoms with Crippen molar-refractivity contribution in [1.82, 2.24) is 9.88 Å². The normalized spacial score (nSPS) is 20.4. The Morgan fingerprint density at radius 2 is 2.17 bits per heavy atom. The van der Waals surface area contributed by atoms with Crippen molar-refractivity contribution in [2.24, 2.45) is 11.3 Å². The number of anilines is 1. The van der Waals surface area contributed by atoms with Crippen molar-refractivity contribution in [2.75, 3.05) is 18.5 Å². The second-order valence-electron chi connectivity index (χ2n) is 5.95. The number of nitrogens with one attached hydrogen (secondary N) is 1. The van der Waals surface area contributed by atoms with Gasteiger partial charge in [-0.15, -0.1) is 0 Å². The number of rotatable bonds is 3. The molecule has 0 unspecified atom stereocenters. The van der Waals surface area contributed by atoms with E-state index in [0.29, 0.717) is 5.41 Å². The average Bonchev–Trinajstić information content (AvgIpc) is 2.51. The van der Waals surface area contributed by atoms with E-state index in [1.807, 2.05) is 12.1 Å². The molecule has 4 nitrogen and oxygen atoms in total. The largest absolute Gasteiger partial charge is 0.308 e. The quantitative estimate of drug-likeness (QED) is 0.637. The highest BCUT2D eigenvalue weighted by Gasteiger charge is 2.23. The number of aromatic nitrogens is 1. The monoisotopic (exact) mass is 248 g/mol. The third-order valence-electron chi connectivity index (χ3n) is 3.77. The summed E-state index contributed by atoms with van der Waals surface area (Å²) in [6.45, 7) is 7.99. The highest BCUT2D eigenvalue weighted by atomic mass is 15.3. The molecule has 4 heteroatoms. The summed E-state index contributed by atoms with van der Waals surface area (Å²) in [5.41, 5.74) is 4.18. The number of likely N-dealkylation sites (tertiary alicyclic amines) is 1. The lowest BCUT2D eigenvalue weighted by molar-refractivity contribution is 0.253. The predicted octanol–water partition coefficient (Wildman–Crippen LogP) is 2.38. The fraction of sp³-hybridized carbons (Fsp3) is 0.643. The van der Waals surface area contributed by atoms with Gasteiger partial charge in [-0.1, -0.05) is 19.9 Å². The molecule has 1 saturated heterocycles. The van der Waals surface area contributed by atoms with E-state index in [2.05, 4.69) is 35.2 Å². The Kier molecular flexibility index (Phi) is 4.19. The van der Waals surface area contributed by atoms with Crippen molar-refractivity contribution in [3.63, 3.8) is 0 Å². The van der Waals surface area contributed by atoms with Crippen LogP contribution in [0.5, 0.6) is 0 Å². The van der Waals surface area contributed by atoms with E-state index in [4.69, 9.17) is 5.84 Å². The van der Waals surface area contributed by atoms with Gasteiger partial charge in [-0.2, -0.15) is 0 Å². The Bertz CT molecular complexity index is 389. The van der Waals surface area contributed by atoms with Crippen molar-refractivity contribution >= 4 is 5.82 Å². The van der Waals surface area contributed by atoms with E-state index in [1.54, 1.807) is 0 Å². The van der Waals surface area contributed by atoms with Crippen molar-refractivity contribution in [2.45, 2.75) is 39.7 Å². The smallest absolute Gasteiger partial charge is 0.140 e. The molecule has 1 aliphatic heterocycles. The maximum atomic E-state index is 5.39. The molecule has 1 aromatic rings. The Hall–Kier alpha value is -1.13. The van der Waals surface area contributed by atoms with E-state index in [-0.39, 0.29) is 0 Å². The van der Waals surface area contributed by atoms with Gasteiger partial charge in [0.25, 0.3) is 0 Å². The molecule has 1 aliphatic rings. The molecule has 0 aromatic carbocycles. The van der Waals surface area contributed by atoms with Gasteiger partial charge in [0, 0.05) is 6.54 Å². The molecule has 100 valence electrons. The summed E-state index contributed by atoms with van der Waals surface area (Å²) < 4.78 is 0. The number of hydrogen-bond donors (Lipinski definition) is 2. The van der Waals surface area contributed by atoms with Gasteiger partial charge in [0.15, 0.2) is 0 Å². The van der Waals surface area contributed by atoms with Crippen LogP contribution in [0.15, 0.2) is 18.2 Å². The number of hydrogen-bond acceptors (Lipinski definition) is 4. The molecular formula is C14H24N4. The molecule has 0 spiro atoms. The van der Waals surface area contributed by atoms with Gasteiger partial charge in [-0.3, -0.25) is 4.90 Å². The van der Waals surface area contributed by atoms with Crippen molar-refractivity contribution < 1.29 is 0 Å². The van der Waals surface area contributed by atoms with Crippen LogP contribution in [0.1, 0.15) is 38.8 Å². The lowest BCUT2D eigenvalue weighted by Crippen LogP contribution is -2.25. The maximum absolute atomic E-state index is 5.39. The number of nitrogen functional groups attached to an aromatic ring is 1. The predicted molar refractivity (Wildman–Crippen MR) is 75.0 cm³/mol. The van der Waals surface area contributed by atoms with Crippen LogP contribution in [0.25, 0.3) is 0 Å². The summed E-state index contributed by atoms with van der Waals surface area (Å²) in [6.07, 6.45) is 3.87. The van der Waals surface area contributed by atoms with Crippen LogP contribution in [0.4, 0.5) is 5.82 Å². The van der Waals surface area contributed by atoms with Crippen LogP contribution in [0.3, 0.4) is 0 Å². The minimum Gasteiger partial charge on any atom is -0.308 e. The van der Waals surface area contributed by atoms with Crippen LogP contribution in [0.2, 0.25) is 0 Å². The molecule has 1 aromatic heterocycles. The van der Waals surface area contributed by atoms with Crippen LogP contribution in [-0.4, -0.2) is 23.0 Å². The van der Waals surface area contributed by atoms with Gasteiger partial charge in [0.1, 0.15) is 5.82 Å². The minimum absolute atomic E-state index is 0.489. The highest BCUT2D eigenvalue weighted by molar-refractivity contribution is 5.33. The first-order valence-corrected chi connectivity index (χ1v) is 6.74. The van der Waals surface area contributed by atoms with Crippen LogP contribution < -0.4 is 11.3 Å². The SMILES string of the molecule is CC1(C)CCCN(Cc2cccc(NN)n2)CC1. The Labute approximate surface area is 110 Å². The summed E-state index contributed by atoms with van der Waals surface area (Å²) in [4.78, 5) is 6.97. The molecule has 0 saturated carbocycles. The van der Waals surface area contributed by atoms with Crippen molar-refractivity contribution in [3.05, 3.63) is 23.9 Å². The third-order valence-corrected chi connectivity index (χ3v) is 3.77. The lowest BCUT2D eigenvalue weighted by Gasteiger charge is -2.23. The van der Waals surface area contributed by atoms with Gasteiger partial charge in [0.2, 0.25) is 0 Å². The number of pyridine rings is 1. The second-order valence-corrected chi connectivity index (χ2v) is 5.95. The second kappa shape index (κ2) is 5.67. The molecule has 0 radical (unpaired) electrons. The van der Waals surface area contributed by atoms with E-state index < -0.39 is 0 Å². The summed E-state index contributed by atoms with van der Waals surface area (Å²) >= 11 is 0. The molecule has 18 heavy (non-hydrogen) atoms. The molecule has 0 amide bonds. The van der Waals surface area contributed by atoms with E-state index in [1.165, 1.54) is 25.8 Å². The van der Waals surface area contributed by atoms with Gasteiger partial charge in [0.05, 0.1) is 5.69 Å². The Balaban J connectivity index is 1.96. The fourth-order valence-corrected chi connectivity index (χ4v) is 2.51. The number of nitrogens with two attached hydrogens (primary N) is 1. The zero-order valence-electron chi connectivity index (χ0n) is 11.4. The molecule has 2 rings (SSSR count). The summed E-state index contributed by atoms with van der Waals surface area (Å²) in [7, 11) is 0. The summed E-state index contributed by atoms with van der Waals surface area (Å²) in [5.74, 6) is 6.12. The zero-order valence-corrected chi connectivity index (χ0v) is 11.4. The topological polar surface area (TPSA) is 54.2 Å². The Morgan fingerprint density at radius 1 is 1.33 bits per heavy atom. The van der Waals surface area contributed by atoms with Gasteiger partial charge >= 0.3 is 0 Å². The van der Waals surface area contributed by atoms with E-state index >= 15 is 0 Å². The van der Waals surface area contributed by atoms with Gasteiger partial charge in [-0.25, -0.2) is 10.8 Å². The molecule has 3 N–H and O–H groups in total. The lowest BCUT2D eigenvalue weighted by atomic mass is 9.85. The molecule has 0 bridgehead atoms. The molecule has 0 atom stereocenters. The van der Waals surface area contributed by atoms with E-state index in [0.717, 1.165) is 24.6 Å². The third kappa shape index (κ3) is 3.68. The fourth-order valence-electron chi connectivity index (χ4n) is 2.51. The van der Waals surface area contributed by atoms with Crippen LogP contribution in [-0.2, 0) is 6.54 Å². The molecule has 0 aliphatic carbocycles. The number of nitrogens with zero attached hydrogens (tertiary/aromatic N) is 2. The summed E-state index contributed by atoms with van der Waals surface area (Å²) in [5, 5.41) is 0. The van der Waals surface area contributed by atoms with Crippen LogP contribution >= 0.6 is 0 Å². The van der Waals surface area contributed by atoms with Gasteiger partial charge in [-0.05, 0) is 49.9 Å². The standard InChI is InChI=1S/C14H24N4/c1-14(2)7-4-9-18(10-8-14)11-12-5-3-6-13(16-12)17-15/h3,5-6H,4,7-11,15H2,1-2H3,(H,16,17). The first-order valence-electron chi connectivity index (χ1n) is 6.74. The van der Waals surface area contributed by atoms with Crippen molar-refractivity contribution in [3.8, 4) is 0 Å². The summed E-state index contributed by atoms with van der Waals surface area (Å²) in [6, 6.07) is 5.95. The number of hydrazine groups is 1. The average molecular weight is 248 g/mol. The van der Waals surface area contributed by atoms with Crippen LogP contribution in [0, 0.1) is 5.41 Å². The van der Waals surface area contributed by atoms with Crippen molar-refractivity contribution in [1.29, 1.82) is 0 Å². The maximum Gasteiger partial charge on any atom is 0.140 e. The van der Waals surface area contributed by atoms with E-state index in [9.17, 15) is 0 Å².